The van der Waals surface area contributed by atoms with Gasteiger partial charge in [-0.15, -0.1) is 0 Å². The third-order valence-electron chi connectivity index (χ3n) is 5.29. The normalized spacial score (nSPS) is 24.4. The van der Waals surface area contributed by atoms with Gasteiger partial charge in [-0.3, -0.25) is 4.79 Å². The molecule has 5 nitrogen and oxygen atoms in total. The maximum atomic E-state index is 13.7. The van der Waals surface area contributed by atoms with E-state index in [-0.39, 0.29) is 27.4 Å². The van der Waals surface area contributed by atoms with E-state index in [1.54, 1.807) is 0 Å². The van der Waals surface area contributed by atoms with Gasteiger partial charge in [0.05, 0.1) is 5.02 Å². The van der Waals surface area contributed by atoms with Gasteiger partial charge in [-0.2, -0.15) is 23.3 Å². The molecule has 2 aliphatic rings. The highest BCUT2D eigenvalue weighted by Gasteiger charge is 2.64. The van der Waals surface area contributed by atoms with E-state index >= 15 is 0 Å². The Kier molecular flexibility index (Phi) is 6.36. The highest BCUT2D eigenvalue weighted by molar-refractivity contribution is 6.35. The van der Waals surface area contributed by atoms with Crippen LogP contribution in [0.1, 0.15) is 45.4 Å². The zero-order valence-corrected chi connectivity index (χ0v) is 17.2. The summed E-state index contributed by atoms with van der Waals surface area (Å²) in [6.07, 6.45) is -3.00. The molecule has 160 valence electrons. The first kappa shape index (κ1) is 22.2. The predicted octanol–water partition coefficient (Wildman–Crippen LogP) is 5.18. The predicted molar refractivity (Wildman–Crippen MR) is 103 cm³/mol. The molecule has 1 aliphatic carbocycles. The molecular weight excluding hydrogens is 432 g/mol. The molecule has 1 fully saturated rings. The van der Waals surface area contributed by atoms with Crippen molar-refractivity contribution in [2.24, 2.45) is 11.0 Å². The summed E-state index contributed by atoms with van der Waals surface area (Å²) in [5.74, 6) is -1.19. The first-order chi connectivity index (χ1) is 13.5. The second kappa shape index (κ2) is 8.32. The molecule has 1 aliphatic heterocycles. The fraction of sp³-hybridized carbons (Fsp3) is 0.579. The number of rotatable bonds is 4. The maximum absolute atomic E-state index is 13.7. The van der Waals surface area contributed by atoms with Gasteiger partial charge in [0.15, 0.2) is 6.10 Å². The zero-order valence-electron chi connectivity index (χ0n) is 15.7. The summed E-state index contributed by atoms with van der Waals surface area (Å²) in [4.78, 5) is 12.8. The molecule has 1 amide bonds. The number of amides is 1. The van der Waals surface area contributed by atoms with Crippen molar-refractivity contribution in [3.05, 3.63) is 28.2 Å². The summed E-state index contributed by atoms with van der Waals surface area (Å²) < 4.78 is 46.5. The molecule has 1 aromatic carbocycles. The molecule has 1 N–H and O–H groups in total. The first-order valence-electron chi connectivity index (χ1n) is 9.35. The number of alkyl halides is 3. The lowest BCUT2D eigenvalue weighted by Gasteiger charge is -2.34. The van der Waals surface area contributed by atoms with Gasteiger partial charge in [0.25, 0.3) is 11.6 Å². The molecule has 1 heterocycles. The van der Waals surface area contributed by atoms with Gasteiger partial charge in [-0.1, -0.05) is 42.5 Å². The van der Waals surface area contributed by atoms with Crippen molar-refractivity contribution in [2.45, 2.75) is 63.5 Å². The van der Waals surface area contributed by atoms with Crippen LogP contribution in [0.15, 0.2) is 23.3 Å². The Morgan fingerprint density at radius 1 is 1.31 bits per heavy atom. The van der Waals surface area contributed by atoms with E-state index in [4.69, 9.17) is 27.9 Å². The number of carbonyl (C=O) groups excluding carboxylic acids is 1. The van der Waals surface area contributed by atoms with Crippen LogP contribution in [0.25, 0.3) is 0 Å². The number of hydrazone groups is 1. The third kappa shape index (κ3) is 4.49. The topological polar surface area (TPSA) is 62.1 Å². The SMILES string of the molecule is C[C@@H](Oc1ccc(Cl)cc1Cl)C(=O)N1N=C(C2CCCCC2)C[C@]1(O)C(F)(F)F. The zero-order chi connectivity index (χ0) is 21.4. The smallest absolute Gasteiger partial charge is 0.438 e. The van der Waals surface area contributed by atoms with Crippen LogP contribution < -0.4 is 4.74 Å². The minimum absolute atomic E-state index is 0.0862. The Labute approximate surface area is 176 Å². The molecule has 29 heavy (non-hydrogen) atoms. The summed E-state index contributed by atoms with van der Waals surface area (Å²) in [5, 5.41) is 14.9. The molecule has 0 unspecified atom stereocenters. The lowest BCUT2D eigenvalue weighted by molar-refractivity contribution is -0.303. The summed E-state index contributed by atoms with van der Waals surface area (Å²) >= 11 is 11.8. The van der Waals surface area contributed by atoms with Crippen molar-refractivity contribution in [2.75, 3.05) is 0 Å². The molecule has 0 saturated heterocycles. The minimum Gasteiger partial charge on any atom is -0.479 e. The first-order valence-corrected chi connectivity index (χ1v) is 10.1. The maximum Gasteiger partial charge on any atom is 0.438 e. The second-order valence-electron chi connectivity index (χ2n) is 7.40. The van der Waals surface area contributed by atoms with Gasteiger partial charge >= 0.3 is 6.18 Å². The van der Waals surface area contributed by atoms with Crippen LogP contribution in [0.4, 0.5) is 13.2 Å². The molecule has 1 saturated carbocycles. The van der Waals surface area contributed by atoms with Gasteiger partial charge in [-0.25, -0.2) is 0 Å². The molecule has 3 rings (SSSR count). The highest BCUT2D eigenvalue weighted by atomic mass is 35.5. The van der Waals surface area contributed by atoms with Crippen molar-refractivity contribution in [1.29, 1.82) is 0 Å². The van der Waals surface area contributed by atoms with Crippen LogP contribution in [0.2, 0.25) is 10.0 Å². The molecule has 2 atom stereocenters. The summed E-state index contributed by atoms with van der Waals surface area (Å²) in [6, 6.07) is 4.27. The van der Waals surface area contributed by atoms with E-state index in [0.29, 0.717) is 17.9 Å². The van der Waals surface area contributed by atoms with E-state index in [1.807, 2.05) is 0 Å². The molecule has 0 spiro atoms. The minimum atomic E-state index is -5.07. The van der Waals surface area contributed by atoms with Crippen LogP contribution in [0.5, 0.6) is 5.75 Å². The van der Waals surface area contributed by atoms with Crippen LogP contribution in [0.3, 0.4) is 0 Å². The monoisotopic (exact) mass is 452 g/mol. The number of ether oxygens (including phenoxy) is 1. The summed E-state index contributed by atoms with van der Waals surface area (Å²) in [6.45, 7) is 1.28. The Balaban J connectivity index is 1.84. The molecule has 1 aromatic rings. The number of benzene rings is 1. The third-order valence-corrected chi connectivity index (χ3v) is 5.82. The van der Waals surface area contributed by atoms with Crippen molar-refractivity contribution in [3.8, 4) is 5.75 Å². The van der Waals surface area contributed by atoms with Crippen molar-refractivity contribution in [1.82, 2.24) is 5.01 Å². The number of halogens is 5. The lowest BCUT2D eigenvalue weighted by Crippen LogP contribution is -2.58. The number of hydrogen-bond donors (Lipinski definition) is 1. The van der Waals surface area contributed by atoms with E-state index in [0.717, 1.165) is 19.3 Å². The summed E-state index contributed by atoms with van der Waals surface area (Å²) in [7, 11) is 0. The molecule has 0 aromatic heterocycles. The molecule has 0 radical (unpaired) electrons. The van der Waals surface area contributed by atoms with Gasteiger partial charge in [0.2, 0.25) is 0 Å². The van der Waals surface area contributed by atoms with Crippen LogP contribution in [-0.2, 0) is 4.79 Å². The highest BCUT2D eigenvalue weighted by Crippen LogP contribution is 2.43. The molecular formula is C19H21Cl2F3N2O3. The van der Waals surface area contributed by atoms with Crippen LogP contribution >= 0.6 is 23.2 Å². The average Bonchev–Trinajstić information content (AvgIpc) is 3.03. The largest absolute Gasteiger partial charge is 0.479 e. The quantitative estimate of drug-likeness (QED) is 0.684. The number of nitrogens with zero attached hydrogens (tertiary/aromatic N) is 2. The Morgan fingerprint density at radius 2 is 1.97 bits per heavy atom. The van der Waals surface area contributed by atoms with Gasteiger partial charge in [0.1, 0.15) is 5.75 Å². The number of carbonyl (C=O) groups is 1. The Bertz CT molecular complexity index is 812. The fourth-order valence-electron chi connectivity index (χ4n) is 3.67. The summed E-state index contributed by atoms with van der Waals surface area (Å²) in [5.41, 5.74) is -3.19. The van der Waals surface area contributed by atoms with Gasteiger partial charge < -0.3 is 9.84 Å². The van der Waals surface area contributed by atoms with Crippen LogP contribution in [-0.4, -0.2) is 39.7 Å². The van der Waals surface area contributed by atoms with Gasteiger partial charge in [0, 0.05) is 17.2 Å². The number of hydrogen-bond acceptors (Lipinski definition) is 4. The Hall–Kier alpha value is -1.51. The standard InChI is InChI=1S/C19H21Cl2F3N2O3/c1-11(29-16-8-7-13(20)9-14(16)21)17(27)26-18(28,19(22,23)24)10-15(25-26)12-5-3-2-4-6-12/h7-9,11-12,28H,2-6,10H2,1H3/t11-,18+/m1/s1. The molecule has 0 bridgehead atoms. The lowest BCUT2D eigenvalue weighted by atomic mass is 9.83. The Morgan fingerprint density at radius 3 is 2.55 bits per heavy atom. The van der Waals surface area contributed by atoms with E-state index in [9.17, 15) is 23.1 Å². The second-order valence-corrected chi connectivity index (χ2v) is 8.25. The average molecular weight is 453 g/mol. The van der Waals surface area contributed by atoms with Gasteiger partial charge in [-0.05, 0) is 43.9 Å². The van der Waals surface area contributed by atoms with Crippen LogP contribution in [0, 0.1) is 5.92 Å². The number of aliphatic hydroxyl groups is 1. The molecule has 10 heteroatoms. The van der Waals surface area contributed by atoms with Crippen molar-refractivity contribution >= 4 is 34.8 Å². The van der Waals surface area contributed by atoms with E-state index < -0.39 is 30.3 Å². The van der Waals surface area contributed by atoms with E-state index in [1.165, 1.54) is 25.1 Å². The van der Waals surface area contributed by atoms with Crippen molar-refractivity contribution in [3.63, 3.8) is 0 Å². The fourth-order valence-corrected chi connectivity index (χ4v) is 4.12. The van der Waals surface area contributed by atoms with Crippen molar-refractivity contribution < 1.29 is 27.8 Å². The van der Waals surface area contributed by atoms with E-state index in [2.05, 4.69) is 5.10 Å².